The number of amides is 1. The van der Waals surface area contributed by atoms with E-state index in [0.717, 1.165) is 31.6 Å². The highest BCUT2D eigenvalue weighted by Crippen LogP contribution is 2.32. The van der Waals surface area contributed by atoms with Crippen molar-refractivity contribution in [1.29, 1.82) is 0 Å². The second-order valence-electron chi connectivity index (χ2n) is 5.25. The summed E-state index contributed by atoms with van der Waals surface area (Å²) in [5, 5.41) is 3.66. The molecule has 2 rings (SSSR count). The van der Waals surface area contributed by atoms with Gasteiger partial charge in [-0.25, -0.2) is 0 Å². The zero-order valence-corrected chi connectivity index (χ0v) is 13.7. The van der Waals surface area contributed by atoms with Crippen LogP contribution in [0.5, 0.6) is 5.75 Å². The van der Waals surface area contributed by atoms with E-state index in [-0.39, 0.29) is 12.5 Å². The average Bonchev–Trinajstić information content (AvgIpc) is 2.55. The number of rotatable bonds is 7. The molecule has 0 unspecified atom stereocenters. The molecule has 0 atom stereocenters. The van der Waals surface area contributed by atoms with Crippen LogP contribution in [0.3, 0.4) is 0 Å². The number of carbonyl (C=O) groups excluding carboxylic acids is 1. The molecule has 22 heavy (non-hydrogen) atoms. The van der Waals surface area contributed by atoms with Crippen molar-refractivity contribution in [2.75, 3.05) is 45.3 Å². The largest absolute Gasteiger partial charge is 0.487 e. The quantitative estimate of drug-likeness (QED) is 0.783. The minimum atomic E-state index is 0.113. The van der Waals surface area contributed by atoms with Crippen molar-refractivity contribution in [3.63, 3.8) is 0 Å². The Bertz CT molecular complexity index is 490. The molecule has 0 aliphatic carbocycles. The molecular formula is C16H23ClN2O3. The number of ether oxygens (including phenoxy) is 2. The molecule has 6 heteroatoms. The summed E-state index contributed by atoms with van der Waals surface area (Å²) >= 11 is 6.17. The first-order valence-corrected chi connectivity index (χ1v) is 8.02. The number of piperidine rings is 1. The van der Waals surface area contributed by atoms with E-state index in [0.29, 0.717) is 24.0 Å². The Morgan fingerprint density at radius 2 is 2.05 bits per heavy atom. The van der Waals surface area contributed by atoms with Gasteiger partial charge in [0, 0.05) is 20.2 Å². The molecule has 1 N–H and O–H groups in total. The second-order valence-corrected chi connectivity index (χ2v) is 5.66. The SMILES string of the molecule is COCCOc1c(Cl)cccc1NCC(=O)N1CCCCC1. The van der Waals surface area contributed by atoms with E-state index in [9.17, 15) is 4.79 Å². The van der Waals surface area contributed by atoms with Gasteiger partial charge in [-0.3, -0.25) is 4.79 Å². The minimum absolute atomic E-state index is 0.113. The van der Waals surface area contributed by atoms with Crippen molar-refractivity contribution in [2.45, 2.75) is 19.3 Å². The van der Waals surface area contributed by atoms with E-state index in [4.69, 9.17) is 21.1 Å². The van der Waals surface area contributed by atoms with Crippen LogP contribution in [-0.2, 0) is 9.53 Å². The lowest BCUT2D eigenvalue weighted by molar-refractivity contribution is -0.130. The van der Waals surface area contributed by atoms with Crippen LogP contribution in [-0.4, -0.2) is 50.8 Å². The molecule has 1 aromatic carbocycles. The van der Waals surface area contributed by atoms with Gasteiger partial charge in [-0.15, -0.1) is 0 Å². The second kappa shape index (κ2) is 8.86. The van der Waals surface area contributed by atoms with Crippen molar-refractivity contribution in [3.05, 3.63) is 23.2 Å². The van der Waals surface area contributed by atoms with Crippen LogP contribution < -0.4 is 10.1 Å². The molecule has 0 aromatic heterocycles. The highest BCUT2D eigenvalue weighted by atomic mass is 35.5. The average molecular weight is 327 g/mol. The molecule has 122 valence electrons. The van der Waals surface area contributed by atoms with Crippen LogP contribution >= 0.6 is 11.6 Å². The summed E-state index contributed by atoms with van der Waals surface area (Å²) in [5.41, 5.74) is 0.731. The predicted octanol–water partition coefficient (Wildman–Crippen LogP) is 2.79. The zero-order chi connectivity index (χ0) is 15.8. The molecule has 1 heterocycles. The Balaban J connectivity index is 1.93. The number of likely N-dealkylation sites (tertiary alicyclic amines) is 1. The van der Waals surface area contributed by atoms with Gasteiger partial charge in [0.2, 0.25) is 5.91 Å². The van der Waals surface area contributed by atoms with Gasteiger partial charge in [-0.05, 0) is 31.4 Å². The highest BCUT2D eigenvalue weighted by Gasteiger charge is 2.17. The monoisotopic (exact) mass is 326 g/mol. The van der Waals surface area contributed by atoms with Gasteiger partial charge in [0.1, 0.15) is 6.61 Å². The molecule has 0 saturated carbocycles. The van der Waals surface area contributed by atoms with E-state index in [2.05, 4.69) is 5.32 Å². The van der Waals surface area contributed by atoms with Gasteiger partial charge in [0.25, 0.3) is 0 Å². The number of carbonyl (C=O) groups is 1. The molecule has 5 nitrogen and oxygen atoms in total. The fourth-order valence-electron chi connectivity index (χ4n) is 2.45. The van der Waals surface area contributed by atoms with E-state index in [1.54, 1.807) is 13.2 Å². The van der Waals surface area contributed by atoms with E-state index in [1.165, 1.54) is 6.42 Å². The third kappa shape index (κ3) is 4.78. The molecular weight excluding hydrogens is 304 g/mol. The van der Waals surface area contributed by atoms with Crippen molar-refractivity contribution in [2.24, 2.45) is 0 Å². The number of nitrogens with one attached hydrogen (secondary N) is 1. The fourth-order valence-corrected chi connectivity index (χ4v) is 2.68. The summed E-state index contributed by atoms with van der Waals surface area (Å²) in [5.74, 6) is 0.676. The van der Waals surface area contributed by atoms with Crippen LogP contribution in [0, 0.1) is 0 Å². The maximum atomic E-state index is 12.2. The van der Waals surface area contributed by atoms with Crippen molar-refractivity contribution in [3.8, 4) is 5.75 Å². The summed E-state index contributed by atoms with van der Waals surface area (Å²) in [7, 11) is 1.62. The standard InChI is InChI=1S/C16H23ClN2O3/c1-21-10-11-22-16-13(17)6-5-7-14(16)18-12-15(20)19-8-3-2-4-9-19/h5-7,18H,2-4,8-12H2,1H3. The fraction of sp³-hybridized carbons (Fsp3) is 0.562. The Labute approximate surface area is 136 Å². The molecule has 0 bridgehead atoms. The van der Waals surface area contributed by atoms with E-state index < -0.39 is 0 Å². The van der Waals surface area contributed by atoms with Gasteiger partial charge in [0.15, 0.2) is 5.75 Å². The summed E-state index contributed by atoms with van der Waals surface area (Å²) in [6.45, 7) is 2.86. The first-order valence-electron chi connectivity index (χ1n) is 7.64. The highest BCUT2D eigenvalue weighted by molar-refractivity contribution is 6.32. The van der Waals surface area contributed by atoms with Crippen molar-refractivity contribution < 1.29 is 14.3 Å². The summed E-state index contributed by atoms with van der Waals surface area (Å²) in [4.78, 5) is 14.1. The lowest BCUT2D eigenvalue weighted by Gasteiger charge is -2.27. The first kappa shape index (κ1) is 16.9. The van der Waals surface area contributed by atoms with Gasteiger partial charge >= 0.3 is 0 Å². The van der Waals surface area contributed by atoms with Crippen LogP contribution in [0.15, 0.2) is 18.2 Å². The number of halogens is 1. The number of nitrogens with zero attached hydrogens (tertiary/aromatic N) is 1. The zero-order valence-electron chi connectivity index (χ0n) is 12.9. The van der Waals surface area contributed by atoms with Crippen molar-refractivity contribution >= 4 is 23.2 Å². The van der Waals surface area contributed by atoms with Gasteiger partial charge in [-0.1, -0.05) is 17.7 Å². The minimum Gasteiger partial charge on any atom is -0.487 e. The summed E-state index contributed by atoms with van der Waals surface area (Å²) < 4.78 is 10.6. The Morgan fingerprint density at radius 3 is 2.77 bits per heavy atom. The van der Waals surface area contributed by atoms with Crippen LogP contribution in [0.4, 0.5) is 5.69 Å². The van der Waals surface area contributed by atoms with Gasteiger partial charge in [-0.2, -0.15) is 0 Å². The predicted molar refractivity (Wildman–Crippen MR) is 87.7 cm³/mol. The third-order valence-corrected chi connectivity index (χ3v) is 3.94. The molecule has 1 amide bonds. The Morgan fingerprint density at radius 1 is 1.27 bits per heavy atom. The lowest BCUT2D eigenvalue weighted by Crippen LogP contribution is -2.39. The van der Waals surface area contributed by atoms with Crippen LogP contribution in [0.25, 0.3) is 0 Å². The third-order valence-electron chi connectivity index (χ3n) is 3.64. The molecule has 1 saturated heterocycles. The molecule has 1 fully saturated rings. The topological polar surface area (TPSA) is 50.8 Å². The summed E-state index contributed by atoms with van der Waals surface area (Å²) in [6.07, 6.45) is 3.39. The lowest BCUT2D eigenvalue weighted by atomic mass is 10.1. The number of para-hydroxylation sites is 1. The molecule has 0 spiro atoms. The van der Waals surface area contributed by atoms with Gasteiger partial charge in [0.05, 0.1) is 23.9 Å². The number of hydrogen-bond donors (Lipinski definition) is 1. The molecule has 1 aromatic rings. The Hall–Kier alpha value is -1.46. The van der Waals surface area contributed by atoms with E-state index in [1.807, 2.05) is 17.0 Å². The van der Waals surface area contributed by atoms with E-state index >= 15 is 0 Å². The van der Waals surface area contributed by atoms with Crippen LogP contribution in [0.1, 0.15) is 19.3 Å². The number of anilines is 1. The van der Waals surface area contributed by atoms with Gasteiger partial charge < -0.3 is 19.7 Å². The summed E-state index contributed by atoms with van der Waals surface area (Å²) in [6, 6.07) is 5.46. The normalized spacial score (nSPS) is 14.7. The van der Waals surface area contributed by atoms with Crippen LogP contribution in [0.2, 0.25) is 5.02 Å². The smallest absolute Gasteiger partial charge is 0.241 e. The molecule has 1 aliphatic rings. The molecule has 0 radical (unpaired) electrons. The number of methoxy groups -OCH3 is 1. The van der Waals surface area contributed by atoms with Crippen molar-refractivity contribution in [1.82, 2.24) is 4.90 Å². The Kier molecular flexibility index (Phi) is 6.80. The number of benzene rings is 1. The molecule has 1 aliphatic heterocycles. The first-order chi connectivity index (χ1) is 10.7. The number of hydrogen-bond acceptors (Lipinski definition) is 4. The maximum Gasteiger partial charge on any atom is 0.241 e. The maximum absolute atomic E-state index is 12.2.